The molecule has 7 heteroatoms. The molecule has 0 saturated heterocycles. The average Bonchev–Trinajstić information content (AvgIpc) is 2.25. The van der Waals surface area contributed by atoms with Crippen LogP contribution >= 0.6 is 0 Å². The maximum absolute atomic E-state index is 13.5. The normalized spacial score (nSPS) is 13.5. The molecule has 1 aromatic rings. The highest BCUT2D eigenvalue weighted by atomic mass is 19.4. The van der Waals surface area contributed by atoms with E-state index in [1.54, 1.807) is 0 Å². The van der Waals surface area contributed by atoms with E-state index in [4.69, 9.17) is 0 Å². The quantitative estimate of drug-likeness (QED) is 0.689. The Balaban J connectivity index is 3.40. The topological polar surface area (TPSA) is 0 Å². The van der Waals surface area contributed by atoms with Crippen LogP contribution < -0.4 is 0 Å². The van der Waals surface area contributed by atoms with Gasteiger partial charge in [0.25, 0.3) is 0 Å². The summed E-state index contributed by atoms with van der Waals surface area (Å²) in [5.41, 5.74) is -6.60. The first-order valence-electron chi connectivity index (χ1n) is 4.59. The molecule has 18 heavy (non-hydrogen) atoms. The van der Waals surface area contributed by atoms with E-state index in [1.165, 1.54) is 6.08 Å². The monoisotopic (exact) mass is 272 g/mol. The van der Waals surface area contributed by atoms with Crippen molar-refractivity contribution in [3.05, 3.63) is 42.0 Å². The molecule has 1 aromatic carbocycles. The predicted molar refractivity (Wildman–Crippen MR) is 51.4 cm³/mol. The molecule has 0 aromatic heterocycles. The predicted octanol–water partition coefficient (Wildman–Crippen LogP) is 4.62. The molecule has 0 nitrogen and oxygen atoms in total. The Morgan fingerprint density at radius 2 is 1.17 bits per heavy atom. The lowest BCUT2D eigenvalue weighted by Gasteiger charge is -2.30. The summed E-state index contributed by atoms with van der Waals surface area (Å²) in [6.07, 6.45) is -11.0. The molecule has 0 saturated carbocycles. The van der Waals surface area contributed by atoms with Gasteiger partial charge in [0.05, 0.1) is 0 Å². The van der Waals surface area contributed by atoms with Gasteiger partial charge in [-0.05, 0) is 5.56 Å². The van der Waals surface area contributed by atoms with Crippen LogP contribution in [0, 0.1) is 0 Å². The number of hydrogen-bond donors (Lipinski definition) is 0. The largest absolute Gasteiger partial charge is 0.435 e. The number of benzene rings is 1. The van der Waals surface area contributed by atoms with Gasteiger partial charge in [0.1, 0.15) is 0 Å². The maximum atomic E-state index is 13.5. The molecular weight excluding hydrogens is 265 g/mol. The summed E-state index contributed by atoms with van der Waals surface area (Å²) in [6, 6.07) is 2.73. The minimum absolute atomic E-state index is 0.283. The summed E-state index contributed by atoms with van der Waals surface area (Å²) in [6.45, 7) is 3.28. The zero-order valence-electron chi connectivity index (χ0n) is 8.74. The lowest BCUT2D eigenvalue weighted by Crippen LogP contribution is -2.50. The van der Waals surface area contributed by atoms with Gasteiger partial charge in [0, 0.05) is 5.56 Å². The molecule has 0 heterocycles. The molecule has 0 N–H and O–H groups in total. The highest BCUT2D eigenvalue weighted by molar-refractivity contribution is 5.48. The Morgan fingerprint density at radius 1 is 0.778 bits per heavy atom. The van der Waals surface area contributed by atoms with Crippen LogP contribution in [0.5, 0.6) is 0 Å². The van der Waals surface area contributed by atoms with Crippen molar-refractivity contribution >= 4 is 6.08 Å². The van der Waals surface area contributed by atoms with Crippen LogP contribution in [0.25, 0.3) is 6.08 Å². The minimum atomic E-state index is -6.08. The van der Waals surface area contributed by atoms with Crippen molar-refractivity contribution in [2.75, 3.05) is 0 Å². The Labute approximate surface area is 97.7 Å². The second-order valence-electron chi connectivity index (χ2n) is 3.48. The van der Waals surface area contributed by atoms with Gasteiger partial charge >= 0.3 is 18.0 Å². The fraction of sp³-hybridized carbons (Fsp3) is 0.273. The van der Waals surface area contributed by atoms with Gasteiger partial charge in [-0.3, -0.25) is 0 Å². The molecule has 0 bridgehead atoms. The van der Waals surface area contributed by atoms with E-state index >= 15 is 0 Å². The molecule has 0 aliphatic rings. The van der Waals surface area contributed by atoms with E-state index in [2.05, 4.69) is 6.58 Å². The summed E-state index contributed by atoms with van der Waals surface area (Å²) in [7, 11) is 0. The highest BCUT2D eigenvalue weighted by Crippen LogP contribution is 2.53. The standard InChI is InChI=1S/C11H7F7/c1-2-7-3-5-8(6-4-7)9(12,10(13,14)15)11(16,17)18/h2-6H,1H2. The van der Waals surface area contributed by atoms with Gasteiger partial charge in [-0.25, -0.2) is 4.39 Å². The molecule has 0 amide bonds. The second-order valence-corrected chi connectivity index (χ2v) is 3.48. The van der Waals surface area contributed by atoms with Gasteiger partial charge < -0.3 is 0 Å². The second kappa shape index (κ2) is 4.29. The van der Waals surface area contributed by atoms with Crippen molar-refractivity contribution in [3.63, 3.8) is 0 Å². The van der Waals surface area contributed by atoms with Crippen LogP contribution in [0.1, 0.15) is 11.1 Å². The lowest BCUT2D eigenvalue weighted by molar-refractivity contribution is -0.348. The molecule has 0 spiro atoms. The van der Waals surface area contributed by atoms with Crippen LogP contribution in [-0.4, -0.2) is 12.4 Å². The Morgan fingerprint density at radius 3 is 1.44 bits per heavy atom. The van der Waals surface area contributed by atoms with Crippen molar-refractivity contribution in [1.82, 2.24) is 0 Å². The SMILES string of the molecule is C=Cc1ccc(C(F)(C(F)(F)F)C(F)(F)F)cc1. The summed E-state index contributed by atoms with van der Waals surface area (Å²) in [5, 5.41) is 0. The Kier molecular flexibility index (Phi) is 3.47. The van der Waals surface area contributed by atoms with Crippen molar-refractivity contribution in [2.24, 2.45) is 0 Å². The number of halogens is 7. The van der Waals surface area contributed by atoms with Gasteiger partial charge in [0.15, 0.2) is 0 Å². The fourth-order valence-electron chi connectivity index (χ4n) is 1.34. The highest BCUT2D eigenvalue weighted by Gasteiger charge is 2.73. The van der Waals surface area contributed by atoms with E-state index in [1.807, 2.05) is 0 Å². The van der Waals surface area contributed by atoms with Crippen molar-refractivity contribution < 1.29 is 30.7 Å². The summed E-state index contributed by atoms with van der Waals surface area (Å²) in [4.78, 5) is 0. The van der Waals surface area contributed by atoms with Gasteiger partial charge in [-0.2, -0.15) is 26.3 Å². The first-order chi connectivity index (χ1) is 8.04. The first kappa shape index (κ1) is 14.5. The maximum Gasteiger partial charge on any atom is 0.435 e. The van der Waals surface area contributed by atoms with Crippen molar-refractivity contribution in [1.29, 1.82) is 0 Å². The van der Waals surface area contributed by atoms with E-state index < -0.39 is 23.6 Å². The molecule has 1 rings (SSSR count). The first-order valence-corrected chi connectivity index (χ1v) is 4.59. The van der Waals surface area contributed by atoms with E-state index in [-0.39, 0.29) is 5.56 Å². The summed E-state index contributed by atoms with van der Waals surface area (Å²) >= 11 is 0. The van der Waals surface area contributed by atoms with Crippen LogP contribution in [0.2, 0.25) is 0 Å². The lowest BCUT2D eigenvalue weighted by atomic mass is 9.93. The molecule has 0 aliphatic carbocycles. The van der Waals surface area contributed by atoms with E-state index in [0.717, 1.165) is 12.1 Å². The van der Waals surface area contributed by atoms with Crippen molar-refractivity contribution in [3.8, 4) is 0 Å². The van der Waals surface area contributed by atoms with Gasteiger partial charge in [-0.1, -0.05) is 36.9 Å². The van der Waals surface area contributed by atoms with Gasteiger partial charge in [-0.15, -0.1) is 0 Å². The van der Waals surface area contributed by atoms with E-state index in [9.17, 15) is 30.7 Å². The van der Waals surface area contributed by atoms with E-state index in [0.29, 0.717) is 12.1 Å². The molecule has 0 aliphatic heterocycles. The third-order valence-electron chi connectivity index (χ3n) is 2.33. The van der Waals surface area contributed by atoms with Crippen LogP contribution in [0.3, 0.4) is 0 Å². The zero-order valence-corrected chi connectivity index (χ0v) is 8.74. The van der Waals surface area contributed by atoms with Crippen molar-refractivity contribution in [2.45, 2.75) is 18.0 Å². The molecule has 0 atom stereocenters. The summed E-state index contributed by atoms with van der Waals surface area (Å²) < 4.78 is 87.6. The zero-order chi connectivity index (χ0) is 14.2. The van der Waals surface area contributed by atoms with Gasteiger partial charge in [0.2, 0.25) is 0 Å². The molecule has 0 unspecified atom stereocenters. The number of alkyl halides is 7. The fourth-order valence-corrected chi connectivity index (χ4v) is 1.34. The number of hydrogen-bond acceptors (Lipinski definition) is 0. The molecule has 0 fully saturated rings. The third kappa shape index (κ3) is 2.21. The molecular formula is C11H7F7. The Hall–Kier alpha value is -1.53. The Bertz CT molecular complexity index is 410. The van der Waals surface area contributed by atoms with Crippen LogP contribution in [0.4, 0.5) is 30.7 Å². The minimum Gasteiger partial charge on any atom is -0.218 e. The van der Waals surface area contributed by atoms with Crippen LogP contribution in [-0.2, 0) is 5.67 Å². The number of rotatable bonds is 2. The molecule has 0 radical (unpaired) electrons. The average molecular weight is 272 g/mol. The smallest absolute Gasteiger partial charge is 0.218 e. The van der Waals surface area contributed by atoms with Crippen LogP contribution in [0.15, 0.2) is 30.8 Å². The third-order valence-corrected chi connectivity index (χ3v) is 2.33. The molecule has 100 valence electrons. The summed E-state index contributed by atoms with van der Waals surface area (Å²) in [5.74, 6) is 0.